The number of halogens is 5. The second-order valence-corrected chi connectivity index (χ2v) is 4.44. The van der Waals surface area contributed by atoms with E-state index in [2.05, 4.69) is 10.1 Å². The molecule has 0 aromatic heterocycles. The third-order valence-electron chi connectivity index (χ3n) is 2.21. The van der Waals surface area contributed by atoms with Crippen molar-refractivity contribution in [2.45, 2.75) is 12.3 Å². The molecule has 0 fully saturated rings. The first-order valence-electron chi connectivity index (χ1n) is 5.78. The fraction of sp³-hybridized carbons (Fsp3) is 0.231. The SMILES string of the molecule is O=C(C=CC(=O)OCC(F)(F)C(F)F)Nc1ccc(Cl)cc1. The van der Waals surface area contributed by atoms with Gasteiger partial charge in [-0.15, -0.1) is 0 Å². The molecule has 0 unspecified atom stereocenters. The van der Waals surface area contributed by atoms with Crippen LogP contribution in [0.5, 0.6) is 0 Å². The Morgan fingerprint density at radius 3 is 2.36 bits per heavy atom. The summed E-state index contributed by atoms with van der Waals surface area (Å²) >= 11 is 5.64. The molecule has 1 rings (SSSR count). The molecule has 0 saturated heterocycles. The average molecular weight is 340 g/mol. The predicted octanol–water partition coefficient (Wildman–Crippen LogP) is 3.28. The van der Waals surface area contributed by atoms with Gasteiger partial charge in [0, 0.05) is 22.9 Å². The van der Waals surface area contributed by atoms with Gasteiger partial charge >= 0.3 is 18.3 Å². The summed E-state index contributed by atoms with van der Waals surface area (Å²) in [4.78, 5) is 22.4. The Labute approximate surface area is 127 Å². The smallest absolute Gasteiger partial charge is 0.340 e. The summed E-state index contributed by atoms with van der Waals surface area (Å²) < 4.78 is 52.5. The van der Waals surface area contributed by atoms with Gasteiger partial charge in [-0.3, -0.25) is 4.79 Å². The summed E-state index contributed by atoms with van der Waals surface area (Å²) in [7, 11) is 0. The lowest BCUT2D eigenvalue weighted by Gasteiger charge is -2.13. The van der Waals surface area contributed by atoms with Gasteiger partial charge in [0.05, 0.1) is 0 Å². The zero-order valence-corrected chi connectivity index (χ0v) is 11.6. The van der Waals surface area contributed by atoms with E-state index in [9.17, 15) is 27.2 Å². The molecule has 1 aromatic rings. The molecule has 1 amide bonds. The van der Waals surface area contributed by atoms with Crippen molar-refractivity contribution in [3.8, 4) is 0 Å². The van der Waals surface area contributed by atoms with E-state index in [1.165, 1.54) is 24.3 Å². The highest BCUT2D eigenvalue weighted by molar-refractivity contribution is 6.30. The number of nitrogens with one attached hydrogen (secondary N) is 1. The van der Waals surface area contributed by atoms with Gasteiger partial charge in [-0.05, 0) is 24.3 Å². The standard InChI is InChI=1S/C13H10ClF4NO3/c14-8-1-3-9(4-2-8)19-10(20)5-6-11(21)22-7-13(17,18)12(15)16/h1-6,12H,7H2,(H,19,20). The molecule has 0 aliphatic rings. The third-order valence-corrected chi connectivity index (χ3v) is 2.46. The number of benzene rings is 1. The number of hydrogen-bond donors (Lipinski definition) is 1. The molecule has 0 heterocycles. The fourth-order valence-electron chi connectivity index (χ4n) is 1.14. The molecule has 0 atom stereocenters. The van der Waals surface area contributed by atoms with Crippen molar-refractivity contribution in [3.05, 3.63) is 41.4 Å². The second-order valence-electron chi connectivity index (χ2n) is 4.00. The maximum atomic E-state index is 12.5. The lowest BCUT2D eigenvalue weighted by molar-refractivity contribution is -0.176. The highest BCUT2D eigenvalue weighted by Crippen LogP contribution is 2.22. The lowest BCUT2D eigenvalue weighted by Crippen LogP contribution is -2.33. The van der Waals surface area contributed by atoms with E-state index in [1.54, 1.807) is 0 Å². The van der Waals surface area contributed by atoms with Crippen molar-refractivity contribution >= 4 is 29.2 Å². The lowest BCUT2D eigenvalue weighted by atomic mass is 10.3. The molecule has 0 aliphatic carbocycles. The maximum absolute atomic E-state index is 12.5. The minimum atomic E-state index is -4.44. The van der Waals surface area contributed by atoms with Crippen LogP contribution in [0.3, 0.4) is 0 Å². The Balaban J connectivity index is 2.45. The van der Waals surface area contributed by atoms with E-state index in [0.717, 1.165) is 6.08 Å². The summed E-state index contributed by atoms with van der Waals surface area (Å²) in [5, 5.41) is 2.81. The van der Waals surface area contributed by atoms with E-state index in [4.69, 9.17) is 11.6 Å². The largest absolute Gasteiger partial charge is 0.456 e. The normalized spacial score (nSPS) is 11.7. The van der Waals surface area contributed by atoms with Crippen molar-refractivity contribution in [3.63, 3.8) is 0 Å². The second kappa shape index (κ2) is 7.79. The topological polar surface area (TPSA) is 55.4 Å². The summed E-state index contributed by atoms with van der Waals surface area (Å²) in [5.41, 5.74) is 0.386. The van der Waals surface area contributed by atoms with Crippen LogP contribution in [0.4, 0.5) is 23.2 Å². The van der Waals surface area contributed by atoms with Gasteiger partial charge in [0.25, 0.3) is 0 Å². The Bertz CT molecular complexity index is 561. The molecule has 22 heavy (non-hydrogen) atoms. The number of rotatable bonds is 6. The van der Waals surface area contributed by atoms with Crippen LogP contribution in [0.15, 0.2) is 36.4 Å². The van der Waals surface area contributed by atoms with Crippen LogP contribution < -0.4 is 5.32 Å². The number of amides is 1. The van der Waals surface area contributed by atoms with Gasteiger partial charge in [0.1, 0.15) is 0 Å². The van der Waals surface area contributed by atoms with Crippen LogP contribution in [0.2, 0.25) is 5.02 Å². The van der Waals surface area contributed by atoms with E-state index in [0.29, 0.717) is 16.8 Å². The van der Waals surface area contributed by atoms with Crippen LogP contribution in [0, 0.1) is 0 Å². The van der Waals surface area contributed by atoms with E-state index < -0.39 is 30.8 Å². The van der Waals surface area contributed by atoms with Crippen molar-refractivity contribution in [2.75, 3.05) is 11.9 Å². The van der Waals surface area contributed by atoms with Crippen LogP contribution in [-0.2, 0) is 14.3 Å². The summed E-state index contributed by atoms with van der Waals surface area (Å²) in [5.74, 6) is -6.51. The molecular formula is C13H10ClF4NO3. The van der Waals surface area contributed by atoms with Crippen molar-refractivity contribution < 1.29 is 31.9 Å². The van der Waals surface area contributed by atoms with E-state index in [-0.39, 0.29) is 0 Å². The summed E-state index contributed by atoms with van der Waals surface area (Å²) in [6.45, 7) is -1.77. The van der Waals surface area contributed by atoms with Gasteiger partial charge in [0.2, 0.25) is 5.91 Å². The monoisotopic (exact) mass is 339 g/mol. The van der Waals surface area contributed by atoms with Crippen molar-refractivity contribution in [1.29, 1.82) is 0 Å². The molecule has 9 heteroatoms. The highest BCUT2D eigenvalue weighted by Gasteiger charge is 2.42. The number of carbonyl (C=O) groups excluding carboxylic acids is 2. The van der Waals surface area contributed by atoms with Gasteiger partial charge < -0.3 is 10.1 Å². The molecule has 0 radical (unpaired) electrons. The van der Waals surface area contributed by atoms with Gasteiger partial charge in [0.15, 0.2) is 6.61 Å². The predicted molar refractivity (Wildman–Crippen MR) is 71.1 cm³/mol. The van der Waals surface area contributed by atoms with Crippen LogP contribution in [0.1, 0.15) is 0 Å². The zero-order chi connectivity index (χ0) is 16.8. The first-order valence-corrected chi connectivity index (χ1v) is 6.16. The average Bonchev–Trinajstić information content (AvgIpc) is 2.45. The van der Waals surface area contributed by atoms with Crippen LogP contribution in [0.25, 0.3) is 0 Å². The molecule has 0 bridgehead atoms. The van der Waals surface area contributed by atoms with Crippen molar-refractivity contribution in [1.82, 2.24) is 0 Å². The molecule has 0 spiro atoms. The van der Waals surface area contributed by atoms with Crippen LogP contribution >= 0.6 is 11.6 Å². The zero-order valence-electron chi connectivity index (χ0n) is 10.9. The molecule has 1 N–H and O–H groups in total. The van der Waals surface area contributed by atoms with Crippen molar-refractivity contribution in [2.24, 2.45) is 0 Å². The number of esters is 1. The third kappa shape index (κ3) is 6.13. The number of anilines is 1. The number of alkyl halides is 4. The Morgan fingerprint density at radius 1 is 1.23 bits per heavy atom. The quantitative estimate of drug-likeness (QED) is 0.491. The van der Waals surface area contributed by atoms with E-state index >= 15 is 0 Å². The van der Waals surface area contributed by atoms with Crippen LogP contribution in [-0.4, -0.2) is 30.8 Å². The minimum absolute atomic E-state index is 0.386. The number of carbonyl (C=O) groups is 2. The number of hydrogen-bond acceptors (Lipinski definition) is 3. The Morgan fingerprint density at radius 2 is 1.82 bits per heavy atom. The highest BCUT2D eigenvalue weighted by atomic mass is 35.5. The fourth-order valence-corrected chi connectivity index (χ4v) is 1.27. The molecule has 4 nitrogen and oxygen atoms in total. The van der Waals surface area contributed by atoms with Gasteiger partial charge in [-0.1, -0.05) is 11.6 Å². The molecule has 0 saturated carbocycles. The Kier molecular flexibility index (Phi) is 6.36. The number of ether oxygens (including phenoxy) is 1. The molecule has 1 aromatic carbocycles. The van der Waals surface area contributed by atoms with Gasteiger partial charge in [-0.25, -0.2) is 13.6 Å². The summed E-state index contributed by atoms with van der Waals surface area (Å²) in [6, 6.07) is 6.02. The molecule has 0 aliphatic heterocycles. The molecular weight excluding hydrogens is 330 g/mol. The first-order chi connectivity index (χ1) is 10.2. The maximum Gasteiger partial charge on any atom is 0.340 e. The minimum Gasteiger partial charge on any atom is -0.456 e. The first kappa shape index (κ1) is 18.0. The van der Waals surface area contributed by atoms with Gasteiger partial charge in [-0.2, -0.15) is 8.78 Å². The Hall–Kier alpha value is -2.09. The van der Waals surface area contributed by atoms with E-state index in [1.807, 2.05) is 0 Å². The molecule has 120 valence electrons. The summed E-state index contributed by atoms with van der Waals surface area (Å²) in [6.07, 6.45) is -2.68.